The second kappa shape index (κ2) is 17.8. The summed E-state index contributed by atoms with van der Waals surface area (Å²) in [5.41, 5.74) is 1.10. The van der Waals surface area contributed by atoms with Crippen LogP contribution in [0.4, 0.5) is 40.0 Å². The lowest BCUT2D eigenvalue weighted by atomic mass is 9.91. The minimum absolute atomic E-state index is 0.178. The molecule has 5 rings (SSSR count). The number of benzene rings is 1. The molecule has 1 N–H and O–H groups in total. The van der Waals surface area contributed by atoms with Gasteiger partial charge in [-0.3, -0.25) is 4.90 Å². The number of anilines is 3. The first-order valence-corrected chi connectivity index (χ1v) is 19.6. The molecule has 294 valence electrons. The number of hydrogen-bond acceptors (Lipinski definition) is 8. The van der Waals surface area contributed by atoms with Crippen LogP contribution >= 0.6 is 11.6 Å². The smallest absolute Gasteiger partial charge is 0.416 e. The number of nitrogens with zero attached hydrogens (tertiary/aromatic N) is 5. The summed E-state index contributed by atoms with van der Waals surface area (Å²) in [5.74, 6) is 0.226. The number of carbonyl (C=O) groups is 2. The molecule has 3 aliphatic heterocycles. The standard InChI is InChI=1S/C39H56ClF3N6O4/c1-5-6-7-8-9-10-11-12-29-25-31(47-21-23-48(24-22-47)34-27-30(39(41,42)43)26-33(40)45-34)13-14-32(29)49-28-38(53-36(49)51)15-18-46(19-16-38)20-17-44-35(50)52-37(2,3)4/h13-14,25-27H,5-12,15-24,28H2,1-4H3,(H,44,50). The number of alkyl carbamates (subject to hydrolysis) is 1. The fourth-order valence-corrected chi connectivity index (χ4v) is 7.59. The second-order valence-electron chi connectivity index (χ2n) is 15.6. The molecule has 14 heteroatoms. The predicted molar refractivity (Wildman–Crippen MR) is 203 cm³/mol. The molecule has 2 amide bonds. The summed E-state index contributed by atoms with van der Waals surface area (Å²) in [7, 11) is 0. The van der Waals surface area contributed by atoms with Crippen molar-refractivity contribution in [3.8, 4) is 0 Å². The minimum Gasteiger partial charge on any atom is -0.444 e. The number of carbonyl (C=O) groups excluding carboxylic acids is 2. The zero-order chi connectivity index (χ0) is 38.2. The highest BCUT2D eigenvalue weighted by Crippen LogP contribution is 2.39. The van der Waals surface area contributed by atoms with Gasteiger partial charge in [-0.15, -0.1) is 0 Å². The van der Waals surface area contributed by atoms with Gasteiger partial charge in [0.25, 0.3) is 0 Å². The van der Waals surface area contributed by atoms with Gasteiger partial charge in [0.05, 0.1) is 17.8 Å². The van der Waals surface area contributed by atoms with Crippen LogP contribution in [0.1, 0.15) is 96.6 Å². The lowest BCUT2D eigenvalue weighted by Crippen LogP contribution is -2.48. The van der Waals surface area contributed by atoms with Crippen LogP contribution in [0.15, 0.2) is 30.3 Å². The molecule has 0 bridgehead atoms. The Balaban J connectivity index is 1.22. The van der Waals surface area contributed by atoms with E-state index in [0.29, 0.717) is 58.7 Å². The summed E-state index contributed by atoms with van der Waals surface area (Å²) in [4.78, 5) is 37.9. The summed E-state index contributed by atoms with van der Waals surface area (Å²) in [5, 5.41) is 2.64. The first kappa shape index (κ1) is 40.7. The minimum atomic E-state index is -4.50. The van der Waals surface area contributed by atoms with Crippen LogP contribution in [-0.2, 0) is 22.1 Å². The molecule has 4 heterocycles. The van der Waals surface area contributed by atoms with Crippen molar-refractivity contribution in [1.29, 1.82) is 0 Å². The predicted octanol–water partition coefficient (Wildman–Crippen LogP) is 8.69. The largest absolute Gasteiger partial charge is 0.444 e. The Bertz CT molecular complexity index is 1540. The van der Waals surface area contributed by atoms with Gasteiger partial charge in [0.15, 0.2) is 0 Å². The van der Waals surface area contributed by atoms with Crippen molar-refractivity contribution < 1.29 is 32.2 Å². The number of halogens is 4. The normalized spacial score (nSPS) is 18.1. The lowest BCUT2D eigenvalue weighted by Gasteiger charge is -2.38. The number of unbranched alkanes of at least 4 members (excludes halogenated alkanes) is 6. The van der Waals surface area contributed by atoms with Crippen LogP contribution in [-0.4, -0.2) is 92.2 Å². The lowest BCUT2D eigenvalue weighted by molar-refractivity contribution is -0.137. The van der Waals surface area contributed by atoms with Gasteiger partial charge in [0.2, 0.25) is 0 Å². The zero-order valence-electron chi connectivity index (χ0n) is 31.7. The van der Waals surface area contributed by atoms with Gasteiger partial charge in [0.1, 0.15) is 22.2 Å². The van der Waals surface area contributed by atoms with Gasteiger partial charge in [-0.05, 0) is 69.5 Å². The van der Waals surface area contributed by atoms with Crippen molar-refractivity contribution in [3.05, 3.63) is 46.6 Å². The molecule has 0 aliphatic carbocycles. The molecular weight excluding hydrogens is 709 g/mol. The Labute approximate surface area is 317 Å². The molecule has 0 atom stereocenters. The summed E-state index contributed by atoms with van der Waals surface area (Å²) in [6, 6.07) is 8.17. The molecule has 0 saturated carbocycles. The van der Waals surface area contributed by atoms with Crippen LogP contribution in [0.5, 0.6) is 0 Å². The first-order chi connectivity index (χ1) is 25.1. The monoisotopic (exact) mass is 764 g/mol. The molecule has 3 saturated heterocycles. The number of alkyl halides is 3. The Morgan fingerprint density at radius 3 is 2.26 bits per heavy atom. The van der Waals surface area contributed by atoms with E-state index in [-0.39, 0.29) is 17.1 Å². The SMILES string of the molecule is CCCCCCCCCc1cc(N2CCN(c3cc(C(F)(F)F)cc(Cl)n3)CC2)ccc1N1CC2(CCN(CCNC(=O)OC(C)(C)C)CC2)OC1=O. The van der Waals surface area contributed by atoms with Crippen molar-refractivity contribution in [2.75, 3.05) is 73.6 Å². The van der Waals surface area contributed by atoms with Crippen molar-refractivity contribution in [3.63, 3.8) is 0 Å². The highest BCUT2D eigenvalue weighted by Gasteiger charge is 2.48. The first-order valence-electron chi connectivity index (χ1n) is 19.2. The van der Waals surface area contributed by atoms with Gasteiger partial charge in [-0.2, -0.15) is 13.2 Å². The Hall–Kier alpha value is -3.45. The maximum absolute atomic E-state index is 13.5. The van der Waals surface area contributed by atoms with Gasteiger partial charge in [0, 0.05) is 70.9 Å². The summed E-state index contributed by atoms with van der Waals surface area (Å²) in [6.07, 6.45) is 5.28. The number of rotatable bonds is 14. The Morgan fingerprint density at radius 2 is 1.60 bits per heavy atom. The highest BCUT2D eigenvalue weighted by atomic mass is 35.5. The molecule has 3 aliphatic rings. The highest BCUT2D eigenvalue weighted by molar-refractivity contribution is 6.29. The number of piperazine rings is 1. The number of pyridine rings is 1. The molecule has 53 heavy (non-hydrogen) atoms. The molecule has 2 aromatic rings. The van der Waals surface area contributed by atoms with E-state index >= 15 is 0 Å². The summed E-state index contributed by atoms with van der Waals surface area (Å²) < 4.78 is 51.8. The van der Waals surface area contributed by atoms with Crippen molar-refractivity contribution in [2.24, 2.45) is 0 Å². The zero-order valence-corrected chi connectivity index (χ0v) is 32.5. The van der Waals surface area contributed by atoms with E-state index < -0.39 is 29.0 Å². The summed E-state index contributed by atoms with van der Waals surface area (Å²) >= 11 is 5.97. The molecule has 1 spiro atoms. The average Bonchev–Trinajstić information content (AvgIpc) is 3.42. The van der Waals surface area contributed by atoms with Gasteiger partial charge < -0.3 is 29.5 Å². The van der Waals surface area contributed by atoms with E-state index in [0.717, 1.165) is 61.4 Å². The fourth-order valence-electron chi connectivity index (χ4n) is 7.39. The third-order valence-electron chi connectivity index (χ3n) is 10.3. The number of ether oxygens (including phenoxy) is 2. The topological polar surface area (TPSA) is 90.5 Å². The van der Waals surface area contributed by atoms with Crippen LogP contribution in [0.25, 0.3) is 0 Å². The molecular formula is C39H56ClF3N6O4. The van der Waals surface area contributed by atoms with E-state index in [4.69, 9.17) is 21.1 Å². The number of likely N-dealkylation sites (tertiary alicyclic amines) is 1. The van der Waals surface area contributed by atoms with Crippen molar-refractivity contribution in [1.82, 2.24) is 15.2 Å². The van der Waals surface area contributed by atoms with E-state index in [9.17, 15) is 22.8 Å². The Morgan fingerprint density at radius 1 is 0.943 bits per heavy atom. The molecule has 0 unspecified atom stereocenters. The molecule has 3 fully saturated rings. The molecule has 0 radical (unpaired) electrons. The van der Waals surface area contributed by atoms with E-state index in [1.54, 1.807) is 4.90 Å². The van der Waals surface area contributed by atoms with Gasteiger partial charge >= 0.3 is 18.4 Å². The molecule has 1 aromatic carbocycles. The van der Waals surface area contributed by atoms with Crippen molar-refractivity contribution in [2.45, 2.75) is 109 Å². The number of nitrogens with one attached hydrogen (secondary N) is 1. The number of aryl methyl sites for hydroxylation is 1. The third-order valence-corrected chi connectivity index (χ3v) is 10.5. The van der Waals surface area contributed by atoms with Crippen LogP contribution in [0.2, 0.25) is 5.15 Å². The van der Waals surface area contributed by atoms with Gasteiger partial charge in [-0.25, -0.2) is 14.6 Å². The maximum Gasteiger partial charge on any atom is 0.416 e. The van der Waals surface area contributed by atoms with Gasteiger partial charge in [-0.1, -0.05) is 57.0 Å². The van der Waals surface area contributed by atoms with Crippen LogP contribution in [0, 0.1) is 0 Å². The average molecular weight is 765 g/mol. The van der Waals surface area contributed by atoms with Crippen LogP contribution < -0.4 is 20.0 Å². The third kappa shape index (κ3) is 11.5. The van der Waals surface area contributed by atoms with Crippen LogP contribution in [0.3, 0.4) is 0 Å². The fraction of sp³-hybridized carbons (Fsp3) is 0.667. The maximum atomic E-state index is 13.5. The number of aromatic nitrogens is 1. The number of amides is 2. The van der Waals surface area contributed by atoms with E-state index in [1.165, 1.54) is 32.1 Å². The van der Waals surface area contributed by atoms with Crippen molar-refractivity contribution >= 4 is 41.0 Å². The van der Waals surface area contributed by atoms with E-state index in [1.807, 2.05) is 37.8 Å². The second-order valence-corrected chi connectivity index (χ2v) is 16.0. The number of piperidine rings is 1. The quantitative estimate of drug-likeness (QED) is 0.151. The van der Waals surface area contributed by atoms with E-state index in [2.05, 4.69) is 33.1 Å². The number of hydrogen-bond donors (Lipinski definition) is 1. The summed E-state index contributed by atoms with van der Waals surface area (Å²) in [6.45, 7) is 13.1. The Kier molecular flexibility index (Phi) is 13.7. The molecule has 10 nitrogen and oxygen atoms in total. The molecule has 1 aromatic heterocycles.